The van der Waals surface area contributed by atoms with Crippen molar-refractivity contribution in [1.29, 1.82) is 0 Å². The lowest BCUT2D eigenvalue weighted by Crippen LogP contribution is -2.61. The van der Waals surface area contributed by atoms with Gasteiger partial charge in [0.2, 0.25) is 0 Å². The third-order valence-corrected chi connectivity index (χ3v) is 9.63. The Morgan fingerprint density at radius 3 is 2.00 bits per heavy atom. The normalized spacial score (nSPS) is 14.0. The van der Waals surface area contributed by atoms with Crippen LogP contribution in [0.5, 0.6) is 34.5 Å². The Balaban J connectivity index is 1.29. The van der Waals surface area contributed by atoms with Gasteiger partial charge in [-0.25, -0.2) is 0 Å². The van der Waals surface area contributed by atoms with Gasteiger partial charge in [0, 0.05) is 28.7 Å². The maximum absolute atomic E-state index is 6.59. The van der Waals surface area contributed by atoms with Crippen molar-refractivity contribution in [2.75, 3.05) is 9.71 Å². The number of rotatable bonds is 1. The first-order valence-corrected chi connectivity index (χ1v) is 15.5. The number of benzene rings is 7. The summed E-state index contributed by atoms with van der Waals surface area (Å²) in [6.07, 6.45) is 0. The third-order valence-electron chi connectivity index (χ3n) is 9.63. The molecule has 0 bridgehead atoms. The molecule has 46 heavy (non-hydrogen) atoms. The Hall–Kier alpha value is -6.14. The first kappa shape index (κ1) is 24.2. The van der Waals surface area contributed by atoms with Crippen LogP contribution >= 0.6 is 0 Å². The van der Waals surface area contributed by atoms with Crippen LogP contribution in [0.3, 0.4) is 0 Å². The molecule has 7 aromatic carbocycles. The van der Waals surface area contributed by atoms with Crippen molar-refractivity contribution in [3.05, 3.63) is 140 Å². The van der Waals surface area contributed by atoms with Crippen LogP contribution < -0.4 is 34.8 Å². The molecule has 4 aliphatic heterocycles. The molecule has 11 rings (SSSR count). The van der Waals surface area contributed by atoms with E-state index in [2.05, 4.69) is 119 Å². The Labute approximate surface area is 265 Å². The van der Waals surface area contributed by atoms with E-state index in [1.807, 2.05) is 30.3 Å². The fourth-order valence-corrected chi connectivity index (χ4v) is 7.80. The summed E-state index contributed by atoms with van der Waals surface area (Å²) in [6, 6.07) is 48.7. The Kier molecular flexibility index (Phi) is 4.60. The zero-order valence-corrected chi connectivity index (χ0v) is 24.5. The summed E-state index contributed by atoms with van der Waals surface area (Å²) < 4.78 is 19.6. The summed E-state index contributed by atoms with van der Waals surface area (Å²) in [7, 11) is 0. The summed E-state index contributed by atoms with van der Waals surface area (Å²) in [5, 5.41) is 2.39. The molecule has 0 atom stereocenters. The number of para-hydroxylation sites is 6. The molecule has 0 fully saturated rings. The maximum atomic E-state index is 6.59. The molecule has 0 saturated heterocycles. The topological polar surface area (TPSA) is 34.2 Å². The van der Waals surface area contributed by atoms with E-state index in [0.29, 0.717) is 17.2 Å². The van der Waals surface area contributed by atoms with Gasteiger partial charge in [-0.2, -0.15) is 0 Å². The third kappa shape index (κ3) is 3.10. The second-order valence-electron chi connectivity index (χ2n) is 12.1. The highest BCUT2D eigenvalue weighted by atomic mass is 16.6. The molecule has 4 heterocycles. The molecule has 214 valence electrons. The highest BCUT2D eigenvalue weighted by molar-refractivity contribution is 6.94. The van der Waals surface area contributed by atoms with Crippen molar-refractivity contribution in [1.82, 2.24) is 0 Å². The predicted molar refractivity (Wildman–Crippen MR) is 184 cm³/mol. The number of ether oxygens (including phenoxy) is 3. The number of hydrogen-bond donors (Lipinski definition) is 0. The first-order chi connectivity index (χ1) is 22.8. The molecule has 5 nitrogen and oxygen atoms in total. The highest BCUT2D eigenvalue weighted by Gasteiger charge is 2.48. The minimum Gasteiger partial charge on any atom is -0.453 e. The predicted octanol–water partition coefficient (Wildman–Crippen LogP) is 9.55. The fraction of sp³-hybridized carbons (Fsp3) is 0. The largest absolute Gasteiger partial charge is 0.453 e. The molecule has 0 unspecified atom stereocenters. The molecule has 0 aromatic heterocycles. The van der Waals surface area contributed by atoms with Crippen LogP contribution in [0.25, 0.3) is 21.9 Å². The fourth-order valence-electron chi connectivity index (χ4n) is 7.80. The van der Waals surface area contributed by atoms with Gasteiger partial charge in [0.1, 0.15) is 0 Å². The second-order valence-corrected chi connectivity index (χ2v) is 12.1. The lowest BCUT2D eigenvalue weighted by molar-refractivity contribution is 0.360. The lowest BCUT2D eigenvalue weighted by Gasteiger charge is -2.47. The van der Waals surface area contributed by atoms with Gasteiger partial charge in [0.25, 0.3) is 0 Å². The van der Waals surface area contributed by atoms with Gasteiger partial charge in [-0.3, -0.25) is 0 Å². The van der Waals surface area contributed by atoms with E-state index in [9.17, 15) is 0 Å². The minimum atomic E-state index is -0.126. The van der Waals surface area contributed by atoms with Crippen molar-refractivity contribution in [3.8, 4) is 45.6 Å². The molecular weight excluding hydrogens is 567 g/mol. The van der Waals surface area contributed by atoms with Crippen LogP contribution in [0, 0.1) is 0 Å². The average Bonchev–Trinajstić information content (AvgIpc) is 3.11. The van der Waals surface area contributed by atoms with Gasteiger partial charge in [-0.1, -0.05) is 78.9 Å². The molecule has 0 aliphatic carbocycles. The molecule has 0 radical (unpaired) electrons. The van der Waals surface area contributed by atoms with Crippen molar-refractivity contribution in [2.45, 2.75) is 0 Å². The summed E-state index contributed by atoms with van der Waals surface area (Å²) in [5.74, 6) is 4.55. The lowest BCUT2D eigenvalue weighted by atomic mass is 9.43. The van der Waals surface area contributed by atoms with Crippen LogP contribution in [0.2, 0.25) is 0 Å². The molecule has 0 amide bonds. The summed E-state index contributed by atoms with van der Waals surface area (Å²) in [5.41, 5.74) is 10.2. The molecule has 0 saturated carbocycles. The van der Waals surface area contributed by atoms with E-state index in [0.717, 1.165) is 51.2 Å². The smallest absolute Gasteiger partial charge is 0.333 e. The van der Waals surface area contributed by atoms with Gasteiger partial charge in [0.05, 0.1) is 11.4 Å². The van der Waals surface area contributed by atoms with E-state index in [1.165, 1.54) is 27.3 Å². The van der Waals surface area contributed by atoms with E-state index in [4.69, 9.17) is 14.2 Å². The molecule has 6 heteroatoms. The Morgan fingerprint density at radius 2 is 1.15 bits per heavy atom. The molecule has 7 aromatic rings. The second kappa shape index (κ2) is 8.74. The zero-order chi connectivity index (χ0) is 29.9. The van der Waals surface area contributed by atoms with Gasteiger partial charge >= 0.3 is 6.85 Å². The van der Waals surface area contributed by atoms with Crippen molar-refractivity contribution in [2.24, 2.45) is 0 Å². The van der Waals surface area contributed by atoms with Gasteiger partial charge in [-0.15, -0.1) is 0 Å². The van der Waals surface area contributed by atoms with Crippen molar-refractivity contribution >= 4 is 57.0 Å². The average molecular weight is 590 g/mol. The summed E-state index contributed by atoms with van der Waals surface area (Å²) in [4.78, 5) is 4.88. The monoisotopic (exact) mass is 590 g/mol. The van der Waals surface area contributed by atoms with Crippen molar-refractivity contribution in [3.63, 3.8) is 0 Å². The van der Waals surface area contributed by atoms with Crippen LogP contribution in [-0.2, 0) is 0 Å². The molecule has 0 N–H and O–H groups in total. The van der Waals surface area contributed by atoms with Crippen LogP contribution in [0.4, 0.5) is 28.4 Å². The summed E-state index contributed by atoms with van der Waals surface area (Å²) >= 11 is 0. The standard InChI is InChI=1S/C40H23BN2O3/c1-2-12-25(13-3-1)43-30-23-37-36(45-33-18-8-9-19-34(33)46-37)22-27(30)38-26-14-5-4-11-24(26)21-31-39(38)41(43)28-15-10-20-35-40(28)42(31)29-16-6-7-17-32(29)44-35/h1-23H. The molecule has 0 spiro atoms. The van der Waals surface area contributed by atoms with E-state index < -0.39 is 0 Å². The van der Waals surface area contributed by atoms with Crippen LogP contribution in [0.1, 0.15) is 0 Å². The van der Waals surface area contributed by atoms with Gasteiger partial charge in [-0.05, 0) is 81.9 Å². The number of fused-ring (bicyclic) bond motifs is 10. The van der Waals surface area contributed by atoms with Gasteiger partial charge in [0.15, 0.2) is 34.5 Å². The van der Waals surface area contributed by atoms with Gasteiger partial charge < -0.3 is 23.9 Å². The van der Waals surface area contributed by atoms with E-state index in [1.54, 1.807) is 0 Å². The number of anilines is 5. The minimum absolute atomic E-state index is 0.126. The number of hydrogen-bond acceptors (Lipinski definition) is 5. The van der Waals surface area contributed by atoms with Crippen molar-refractivity contribution < 1.29 is 14.2 Å². The van der Waals surface area contributed by atoms with E-state index in [-0.39, 0.29) is 6.85 Å². The van der Waals surface area contributed by atoms with Crippen LogP contribution in [-0.4, -0.2) is 6.85 Å². The maximum Gasteiger partial charge on any atom is 0.333 e. The van der Waals surface area contributed by atoms with Crippen LogP contribution in [0.15, 0.2) is 140 Å². The Bertz CT molecular complexity index is 2440. The highest BCUT2D eigenvalue weighted by Crippen LogP contribution is 2.57. The molecule has 4 aliphatic rings. The zero-order valence-electron chi connectivity index (χ0n) is 24.5. The molecular formula is C40H23BN2O3. The Morgan fingerprint density at radius 1 is 0.478 bits per heavy atom. The first-order valence-electron chi connectivity index (χ1n) is 15.5. The quantitative estimate of drug-likeness (QED) is 0.178. The van der Waals surface area contributed by atoms with E-state index >= 15 is 0 Å². The summed E-state index contributed by atoms with van der Waals surface area (Å²) in [6.45, 7) is -0.126. The number of nitrogens with zero attached hydrogens (tertiary/aromatic N) is 2. The SMILES string of the molecule is c1ccc(N2B3c4cccc5c4N(c4ccccc4O5)c4cc5ccccc5c(c43)-c3cc4c(cc32)Oc2ccccc2O4)cc1.